The van der Waals surface area contributed by atoms with Crippen LogP contribution in [0.5, 0.6) is 0 Å². The van der Waals surface area contributed by atoms with Gasteiger partial charge in [-0.1, -0.05) is 48.5 Å². The molecule has 9 nitrogen and oxygen atoms in total. The molecule has 0 bridgehead atoms. The number of H-pyrrole nitrogens is 2. The number of rotatable bonds is 6. The maximum absolute atomic E-state index is 12.7. The minimum Gasteiger partial charge on any atom is -0.392 e. The van der Waals surface area contributed by atoms with Crippen molar-refractivity contribution in [1.29, 1.82) is 0 Å². The number of aromatic nitrogens is 4. The number of anilines is 1. The molecular weight excluding hydrogens is 420 g/mol. The van der Waals surface area contributed by atoms with Gasteiger partial charge in [-0.2, -0.15) is 5.10 Å². The highest BCUT2D eigenvalue weighted by Crippen LogP contribution is 2.29. The van der Waals surface area contributed by atoms with Crippen molar-refractivity contribution >= 4 is 11.6 Å². The number of carbonyl (C=O) groups excluding carboxylic acids is 1. The summed E-state index contributed by atoms with van der Waals surface area (Å²) in [4.78, 5) is 40.2. The normalized spacial score (nSPS) is 11.8. The van der Waals surface area contributed by atoms with Gasteiger partial charge in [-0.25, -0.2) is 4.79 Å². The number of carbonyl (C=O) groups is 1. The van der Waals surface area contributed by atoms with Crippen molar-refractivity contribution in [3.63, 3.8) is 0 Å². The third-order valence-electron chi connectivity index (χ3n) is 5.53. The second-order valence-electron chi connectivity index (χ2n) is 7.82. The van der Waals surface area contributed by atoms with E-state index in [9.17, 15) is 14.4 Å². The van der Waals surface area contributed by atoms with Gasteiger partial charge in [-0.05, 0) is 36.1 Å². The molecule has 0 saturated carbocycles. The molecule has 5 N–H and O–H groups in total. The van der Waals surface area contributed by atoms with Gasteiger partial charge >= 0.3 is 5.69 Å². The number of hydrogen-bond acceptors (Lipinski definition) is 5. The molecule has 9 heteroatoms. The Kier molecular flexibility index (Phi) is 5.95. The third-order valence-corrected chi connectivity index (χ3v) is 5.53. The Morgan fingerprint density at radius 1 is 1.12 bits per heavy atom. The first kappa shape index (κ1) is 21.8. The van der Waals surface area contributed by atoms with Crippen LogP contribution in [0, 0.1) is 6.92 Å². The van der Waals surface area contributed by atoms with Crippen LogP contribution in [-0.4, -0.2) is 25.7 Å². The SMILES string of the molecule is Cc1c(-c2cnn(Cc3ccccc3)c2)cccc1[C@@H](C)NC(=O)c1[nH]c(=O)[nH]c(=O)c1N. The van der Waals surface area contributed by atoms with Gasteiger partial charge in [0.05, 0.1) is 18.8 Å². The summed E-state index contributed by atoms with van der Waals surface area (Å²) in [7, 11) is 0. The number of aromatic amines is 2. The number of hydrogen-bond donors (Lipinski definition) is 4. The van der Waals surface area contributed by atoms with Gasteiger partial charge in [-0.15, -0.1) is 0 Å². The number of nitrogens with zero attached hydrogens (tertiary/aromatic N) is 2. The fourth-order valence-electron chi connectivity index (χ4n) is 3.82. The van der Waals surface area contributed by atoms with Gasteiger partial charge < -0.3 is 16.0 Å². The van der Waals surface area contributed by atoms with Gasteiger partial charge in [0.2, 0.25) is 0 Å². The Morgan fingerprint density at radius 3 is 2.64 bits per heavy atom. The molecular formula is C24H24N6O3. The first-order chi connectivity index (χ1) is 15.8. The van der Waals surface area contributed by atoms with E-state index in [2.05, 4.69) is 27.5 Å². The first-order valence-electron chi connectivity index (χ1n) is 10.4. The number of nitrogens with one attached hydrogen (secondary N) is 3. The molecule has 1 atom stereocenters. The van der Waals surface area contributed by atoms with Gasteiger partial charge in [-0.3, -0.25) is 19.3 Å². The Morgan fingerprint density at radius 2 is 1.88 bits per heavy atom. The molecule has 4 aromatic rings. The molecule has 0 aliphatic heterocycles. The van der Waals surface area contributed by atoms with E-state index in [1.54, 1.807) is 0 Å². The average molecular weight is 444 g/mol. The molecule has 4 rings (SSSR count). The largest absolute Gasteiger partial charge is 0.392 e. The van der Waals surface area contributed by atoms with Crippen molar-refractivity contribution < 1.29 is 4.79 Å². The smallest absolute Gasteiger partial charge is 0.326 e. The van der Waals surface area contributed by atoms with E-state index < -0.39 is 23.2 Å². The van der Waals surface area contributed by atoms with E-state index in [1.165, 1.54) is 0 Å². The van der Waals surface area contributed by atoms with Crippen molar-refractivity contribution in [3.8, 4) is 11.1 Å². The number of nitrogens with two attached hydrogens (primary N) is 1. The zero-order chi connectivity index (χ0) is 23.5. The molecule has 33 heavy (non-hydrogen) atoms. The van der Waals surface area contributed by atoms with Crippen LogP contribution in [0.1, 0.15) is 40.1 Å². The molecule has 168 valence electrons. The second-order valence-corrected chi connectivity index (χ2v) is 7.82. The van der Waals surface area contributed by atoms with Gasteiger partial charge in [0.15, 0.2) is 0 Å². The standard InChI is InChI=1S/C24H24N6O3/c1-14-18(15(2)27-23(32)21-20(25)22(31)29-24(33)28-21)9-6-10-19(14)17-11-26-30(13-17)12-16-7-4-3-5-8-16/h3-11,13,15H,12,25H2,1-2H3,(H,27,32)(H2,28,29,31,33)/t15-/m1/s1. The van der Waals surface area contributed by atoms with Crippen LogP contribution in [0.2, 0.25) is 0 Å². The van der Waals surface area contributed by atoms with Crippen molar-refractivity contribution in [2.24, 2.45) is 0 Å². The lowest BCUT2D eigenvalue weighted by Gasteiger charge is -2.18. The lowest BCUT2D eigenvalue weighted by atomic mass is 9.95. The zero-order valence-corrected chi connectivity index (χ0v) is 18.3. The summed E-state index contributed by atoms with van der Waals surface area (Å²) in [6, 6.07) is 15.5. The Balaban J connectivity index is 1.57. The average Bonchev–Trinajstić information content (AvgIpc) is 3.25. The van der Waals surface area contributed by atoms with Crippen LogP contribution in [0.25, 0.3) is 11.1 Å². The van der Waals surface area contributed by atoms with Gasteiger partial charge in [0.25, 0.3) is 11.5 Å². The number of nitrogen functional groups attached to an aromatic ring is 1. The number of amides is 1. The van der Waals surface area contributed by atoms with Crippen LogP contribution in [0.15, 0.2) is 70.5 Å². The van der Waals surface area contributed by atoms with Crippen LogP contribution < -0.4 is 22.3 Å². The molecule has 2 aromatic carbocycles. The summed E-state index contributed by atoms with van der Waals surface area (Å²) in [5, 5.41) is 7.29. The maximum atomic E-state index is 12.7. The molecule has 2 aromatic heterocycles. The molecule has 0 radical (unpaired) electrons. The molecule has 0 aliphatic rings. The van der Waals surface area contributed by atoms with E-state index in [4.69, 9.17) is 5.73 Å². The van der Waals surface area contributed by atoms with E-state index in [0.717, 1.165) is 27.8 Å². The van der Waals surface area contributed by atoms with Gasteiger partial charge in [0, 0.05) is 11.8 Å². The minimum absolute atomic E-state index is 0.258. The predicted octanol–water partition coefficient (Wildman–Crippen LogP) is 2.36. The van der Waals surface area contributed by atoms with Crippen LogP contribution in [0.3, 0.4) is 0 Å². The van der Waals surface area contributed by atoms with E-state index in [0.29, 0.717) is 6.54 Å². The minimum atomic E-state index is -0.803. The van der Waals surface area contributed by atoms with Crippen molar-refractivity contribution in [3.05, 3.63) is 104 Å². The second kappa shape index (κ2) is 8.99. The quantitative estimate of drug-likeness (QED) is 0.362. The Hall–Kier alpha value is -4.40. The molecule has 0 saturated heterocycles. The highest BCUT2D eigenvalue weighted by Gasteiger charge is 2.19. The number of benzene rings is 2. The fraction of sp³-hybridized carbons (Fsp3) is 0.167. The lowest BCUT2D eigenvalue weighted by molar-refractivity contribution is 0.0935. The van der Waals surface area contributed by atoms with E-state index >= 15 is 0 Å². The molecule has 0 spiro atoms. The third kappa shape index (κ3) is 4.62. The first-order valence-corrected chi connectivity index (χ1v) is 10.4. The fourth-order valence-corrected chi connectivity index (χ4v) is 3.82. The molecule has 0 fully saturated rings. The van der Waals surface area contributed by atoms with Gasteiger partial charge in [0.1, 0.15) is 11.4 Å². The molecule has 0 aliphatic carbocycles. The predicted molar refractivity (Wildman–Crippen MR) is 126 cm³/mol. The van der Waals surface area contributed by atoms with E-state index in [-0.39, 0.29) is 11.4 Å². The van der Waals surface area contributed by atoms with Crippen LogP contribution >= 0.6 is 0 Å². The summed E-state index contributed by atoms with van der Waals surface area (Å²) < 4.78 is 1.88. The highest BCUT2D eigenvalue weighted by molar-refractivity contribution is 5.97. The summed E-state index contributed by atoms with van der Waals surface area (Å²) in [6.07, 6.45) is 3.81. The lowest BCUT2D eigenvalue weighted by Crippen LogP contribution is -2.34. The monoisotopic (exact) mass is 444 g/mol. The summed E-state index contributed by atoms with van der Waals surface area (Å²) in [5.74, 6) is -0.635. The van der Waals surface area contributed by atoms with Crippen LogP contribution in [-0.2, 0) is 6.54 Å². The summed E-state index contributed by atoms with van der Waals surface area (Å²) in [6.45, 7) is 4.47. The molecule has 0 unspecified atom stereocenters. The molecule has 1 amide bonds. The summed E-state index contributed by atoms with van der Waals surface area (Å²) >= 11 is 0. The van der Waals surface area contributed by atoms with Crippen molar-refractivity contribution in [2.75, 3.05) is 5.73 Å². The topological polar surface area (TPSA) is 139 Å². The molecule has 2 heterocycles. The Labute approximate surface area is 189 Å². The van der Waals surface area contributed by atoms with Crippen LogP contribution in [0.4, 0.5) is 5.69 Å². The van der Waals surface area contributed by atoms with E-state index in [1.807, 2.05) is 72.3 Å². The van der Waals surface area contributed by atoms with Crippen molar-refractivity contribution in [1.82, 2.24) is 25.1 Å². The van der Waals surface area contributed by atoms with Crippen molar-refractivity contribution in [2.45, 2.75) is 26.4 Å². The summed E-state index contributed by atoms with van der Waals surface area (Å²) in [5.41, 5.74) is 8.47. The highest BCUT2D eigenvalue weighted by atomic mass is 16.2. The Bertz CT molecular complexity index is 1420. The zero-order valence-electron chi connectivity index (χ0n) is 18.3. The maximum Gasteiger partial charge on any atom is 0.326 e.